The first-order valence-corrected chi connectivity index (χ1v) is 5.62. The number of amides is 5. The first-order chi connectivity index (χ1) is 9.58. The van der Waals surface area contributed by atoms with Crippen molar-refractivity contribution < 1.29 is 19.2 Å². The molecule has 3 N–H and O–H groups in total. The molecule has 1 aromatic rings. The van der Waals surface area contributed by atoms with Gasteiger partial charge in [-0.1, -0.05) is 18.2 Å². The Morgan fingerprint density at radius 2 is 1.70 bits per heavy atom. The van der Waals surface area contributed by atoms with E-state index in [0.29, 0.717) is 5.56 Å². The number of hydrazone groups is 1. The molecule has 1 aliphatic rings. The van der Waals surface area contributed by atoms with E-state index in [4.69, 9.17) is 0 Å². The average molecular weight is 274 g/mol. The molecule has 0 spiro atoms. The van der Waals surface area contributed by atoms with Crippen LogP contribution >= 0.6 is 0 Å². The van der Waals surface area contributed by atoms with Crippen molar-refractivity contribution in [3.63, 3.8) is 0 Å². The van der Waals surface area contributed by atoms with Crippen LogP contribution in [0, 0.1) is 5.92 Å². The summed E-state index contributed by atoms with van der Waals surface area (Å²) in [6, 6.07) is 7.43. The Hall–Kier alpha value is -3.03. The van der Waals surface area contributed by atoms with Gasteiger partial charge in [0.05, 0.1) is 0 Å². The minimum atomic E-state index is -1.26. The van der Waals surface area contributed by atoms with Gasteiger partial charge in [0.1, 0.15) is 0 Å². The summed E-state index contributed by atoms with van der Waals surface area (Å²) in [5.74, 6) is -3.33. The lowest BCUT2D eigenvalue weighted by Crippen LogP contribution is -2.56. The highest BCUT2D eigenvalue weighted by Crippen LogP contribution is 2.00. The molecular formula is C12H10N4O4. The van der Waals surface area contributed by atoms with Crippen molar-refractivity contribution in [2.24, 2.45) is 11.0 Å². The summed E-state index contributed by atoms with van der Waals surface area (Å²) in [4.78, 5) is 45.2. The minimum Gasteiger partial charge on any atom is -0.277 e. The summed E-state index contributed by atoms with van der Waals surface area (Å²) in [5, 5.41) is 7.37. The molecule has 20 heavy (non-hydrogen) atoms. The van der Waals surface area contributed by atoms with Gasteiger partial charge in [0.25, 0.3) is 5.91 Å². The third-order valence-corrected chi connectivity index (χ3v) is 2.46. The maximum Gasteiger partial charge on any atom is 0.328 e. The third kappa shape index (κ3) is 3.05. The van der Waals surface area contributed by atoms with Crippen LogP contribution in [0.2, 0.25) is 0 Å². The molecule has 0 aliphatic carbocycles. The van der Waals surface area contributed by atoms with Crippen LogP contribution in [0.25, 0.3) is 0 Å². The Morgan fingerprint density at radius 1 is 1.10 bits per heavy atom. The van der Waals surface area contributed by atoms with Crippen LogP contribution < -0.4 is 16.1 Å². The van der Waals surface area contributed by atoms with Crippen LogP contribution in [0.15, 0.2) is 35.4 Å². The van der Waals surface area contributed by atoms with Gasteiger partial charge in [-0.2, -0.15) is 5.10 Å². The fourth-order valence-electron chi connectivity index (χ4n) is 1.49. The number of benzene rings is 1. The summed E-state index contributed by atoms with van der Waals surface area (Å²) in [7, 11) is 0. The molecule has 8 nitrogen and oxygen atoms in total. The van der Waals surface area contributed by atoms with Crippen LogP contribution in [0.3, 0.4) is 0 Å². The van der Waals surface area contributed by atoms with E-state index in [2.05, 4.69) is 10.5 Å². The van der Waals surface area contributed by atoms with Crippen LogP contribution in [-0.4, -0.2) is 30.0 Å². The van der Waals surface area contributed by atoms with Crippen LogP contribution in [0.4, 0.5) is 4.79 Å². The molecule has 0 atom stereocenters. The predicted octanol–water partition coefficient (Wildman–Crippen LogP) is -0.616. The Balaban J connectivity index is 1.97. The summed E-state index contributed by atoms with van der Waals surface area (Å²) in [6.07, 6.45) is 0.956. The lowest BCUT2D eigenvalue weighted by molar-refractivity contribution is -0.132. The van der Waals surface area contributed by atoms with Gasteiger partial charge in [-0.25, -0.2) is 10.2 Å². The van der Waals surface area contributed by atoms with Crippen LogP contribution in [0.5, 0.6) is 0 Å². The fourth-order valence-corrected chi connectivity index (χ4v) is 1.49. The molecule has 0 saturated carbocycles. The van der Waals surface area contributed by atoms with Gasteiger partial charge >= 0.3 is 6.03 Å². The highest BCUT2D eigenvalue weighted by Gasteiger charge is 2.32. The maximum absolute atomic E-state index is 11.6. The van der Waals surface area contributed by atoms with Crippen molar-refractivity contribution in [1.82, 2.24) is 16.1 Å². The van der Waals surface area contributed by atoms with Gasteiger partial charge in [-0.05, 0) is 12.1 Å². The number of hydrogen-bond acceptors (Lipinski definition) is 5. The van der Waals surface area contributed by atoms with Crippen molar-refractivity contribution in [1.29, 1.82) is 0 Å². The van der Waals surface area contributed by atoms with Gasteiger partial charge in [0.15, 0.2) is 5.92 Å². The topological polar surface area (TPSA) is 117 Å². The average Bonchev–Trinajstić information content (AvgIpc) is 2.42. The summed E-state index contributed by atoms with van der Waals surface area (Å²) >= 11 is 0. The van der Waals surface area contributed by atoms with Crippen LogP contribution in [0.1, 0.15) is 10.4 Å². The maximum atomic E-state index is 11.6. The molecule has 2 rings (SSSR count). The highest BCUT2D eigenvalue weighted by molar-refractivity contribution is 6.23. The number of imide groups is 2. The molecule has 1 fully saturated rings. The van der Waals surface area contributed by atoms with Gasteiger partial charge in [-0.15, -0.1) is 0 Å². The number of carbonyl (C=O) groups excluding carboxylic acids is 4. The largest absolute Gasteiger partial charge is 0.328 e. The molecule has 1 aliphatic heterocycles. The van der Waals surface area contributed by atoms with Crippen molar-refractivity contribution >= 4 is 30.0 Å². The van der Waals surface area contributed by atoms with Crippen molar-refractivity contribution in [2.75, 3.05) is 0 Å². The molecule has 1 aromatic carbocycles. The lowest BCUT2D eigenvalue weighted by atomic mass is 10.1. The Morgan fingerprint density at radius 3 is 2.30 bits per heavy atom. The number of urea groups is 1. The van der Waals surface area contributed by atoms with E-state index in [9.17, 15) is 19.2 Å². The van der Waals surface area contributed by atoms with E-state index in [1.165, 1.54) is 0 Å². The molecular weight excluding hydrogens is 264 g/mol. The second-order valence-corrected chi connectivity index (χ2v) is 3.87. The van der Waals surface area contributed by atoms with Gasteiger partial charge in [0, 0.05) is 11.8 Å². The number of barbiturate groups is 1. The zero-order valence-corrected chi connectivity index (χ0v) is 10.1. The minimum absolute atomic E-state index is 0.386. The van der Waals surface area contributed by atoms with E-state index in [1.54, 1.807) is 30.3 Å². The molecule has 8 heteroatoms. The zero-order chi connectivity index (χ0) is 14.5. The third-order valence-electron chi connectivity index (χ3n) is 2.46. The zero-order valence-electron chi connectivity index (χ0n) is 10.1. The van der Waals surface area contributed by atoms with E-state index in [0.717, 1.165) is 6.21 Å². The SMILES string of the molecule is O=C1NC(=O)C(/C=N/NC(=O)c2ccccc2)C(=O)N1. The molecule has 1 heterocycles. The molecule has 1 saturated heterocycles. The second kappa shape index (κ2) is 5.74. The number of carbonyl (C=O) groups is 4. The molecule has 102 valence electrons. The van der Waals surface area contributed by atoms with Gasteiger partial charge < -0.3 is 0 Å². The number of rotatable bonds is 3. The number of hydrogen-bond donors (Lipinski definition) is 3. The summed E-state index contributed by atoms with van der Waals surface area (Å²) in [6.45, 7) is 0. The fraction of sp³-hybridized carbons (Fsp3) is 0.0833. The smallest absolute Gasteiger partial charge is 0.277 e. The normalized spacial score (nSPS) is 15.9. The first-order valence-electron chi connectivity index (χ1n) is 5.62. The van der Waals surface area contributed by atoms with Gasteiger partial charge in [-0.3, -0.25) is 25.0 Å². The Bertz CT molecular complexity index is 577. The second-order valence-electron chi connectivity index (χ2n) is 3.87. The van der Waals surface area contributed by atoms with E-state index >= 15 is 0 Å². The van der Waals surface area contributed by atoms with Crippen LogP contribution in [-0.2, 0) is 9.59 Å². The van der Waals surface area contributed by atoms with E-state index in [1.807, 2.05) is 10.6 Å². The van der Waals surface area contributed by atoms with Crippen molar-refractivity contribution in [2.45, 2.75) is 0 Å². The number of nitrogens with one attached hydrogen (secondary N) is 3. The lowest BCUT2D eigenvalue weighted by Gasteiger charge is -2.16. The van der Waals surface area contributed by atoms with Crippen molar-refractivity contribution in [3.05, 3.63) is 35.9 Å². The molecule has 0 bridgehead atoms. The quantitative estimate of drug-likeness (QED) is 0.387. The monoisotopic (exact) mass is 274 g/mol. The molecule has 0 unspecified atom stereocenters. The Kier molecular flexibility index (Phi) is 3.85. The van der Waals surface area contributed by atoms with Gasteiger partial charge in [0.2, 0.25) is 11.8 Å². The molecule has 5 amide bonds. The van der Waals surface area contributed by atoms with E-state index in [-0.39, 0.29) is 0 Å². The Labute approximate surface area is 113 Å². The molecule has 0 radical (unpaired) electrons. The van der Waals surface area contributed by atoms with E-state index < -0.39 is 29.7 Å². The summed E-state index contributed by atoms with van der Waals surface area (Å²) < 4.78 is 0. The highest BCUT2D eigenvalue weighted by atomic mass is 16.2. The summed E-state index contributed by atoms with van der Waals surface area (Å²) in [5.41, 5.74) is 2.57. The predicted molar refractivity (Wildman–Crippen MR) is 67.6 cm³/mol. The van der Waals surface area contributed by atoms with Crippen molar-refractivity contribution in [3.8, 4) is 0 Å². The number of nitrogens with zero attached hydrogens (tertiary/aromatic N) is 1. The molecule has 0 aromatic heterocycles. The first kappa shape index (κ1) is 13.4. The standard InChI is InChI=1S/C12H10N4O4/c17-9(7-4-2-1-3-5-7)16-13-6-8-10(18)14-12(20)15-11(8)19/h1-6,8H,(H,16,17)(H2,14,15,18,19,20)/b13-6+.